The van der Waals surface area contributed by atoms with E-state index in [1.807, 2.05) is 0 Å². The molecule has 2 aliphatic rings. The Bertz CT molecular complexity index is 3030. The van der Waals surface area contributed by atoms with E-state index in [0.29, 0.717) is 0 Å². The molecular weight excluding hydrogens is 699 g/mol. The highest BCUT2D eigenvalue weighted by molar-refractivity contribution is 6.73. The first-order chi connectivity index (χ1) is 28.5. The Labute approximate surface area is 341 Å². The summed E-state index contributed by atoms with van der Waals surface area (Å²) in [5.41, 5.74) is 20.8. The van der Waals surface area contributed by atoms with Gasteiger partial charge in [0.25, 0.3) is 0 Å². The van der Waals surface area contributed by atoms with Gasteiger partial charge in [0.2, 0.25) is 0 Å². The molecule has 0 radical (unpaired) electrons. The maximum absolute atomic E-state index is 3.92. The van der Waals surface area contributed by atoms with Gasteiger partial charge in [-0.15, -0.1) is 0 Å². The predicted octanol–water partition coefficient (Wildman–Crippen LogP) is 13.1. The third-order valence-corrected chi connectivity index (χ3v) is 12.4. The third-order valence-electron chi connectivity index (χ3n) is 12.4. The van der Waals surface area contributed by atoms with Gasteiger partial charge < -0.3 is 10.2 Å². The van der Waals surface area contributed by atoms with Gasteiger partial charge in [0, 0.05) is 33.7 Å². The second-order valence-electron chi connectivity index (χ2n) is 16.2. The fourth-order valence-corrected chi connectivity index (χ4v) is 9.63. The van der Waals surface area contributed by atoms with E-state index in [1.165, 1.54) is 94.4 Å². The summed E-state index contributed by atoms with van der Waals surface area (Å²) in [5.74, 6) is 0. The Morgan fingerprint density at radius 3 is 1.83 bits per heavy atom. The second kappa shape index (κ2) is 13.5. The van der Waals surface area contributed by atoms with Crippen LogP contribution in [0.4, 0.5) is 28.4 Å². The molecule has 0 amide bonds. The highest BCUT2D eigenvalue weighted by Gasteiger charge is 2.42. The van der Waals surface area contributed by atoms with E-state index < -0.39 is 0 Å². The van der Waals surface area contributed by atoms with Crippen LogP contribution in [0.5, 0.6) is 0 Å². The average Bonchev–Trinajstić information content (AvgIpc) is 3.28. The minimum Gasteiger partial charge on any atom is -0.355 e. The molecule has 0 bridgehead atoms. The third kappa shape index (κ3) is 5.57. The van der Waals surface area contributed by atoms with Gasteiger partial charge in [-0.2, -0.15) is 0 Å². The number of fused-ring (bicyclic) bond motifs is 6. The molecule has 274 valence electrons. The molecule has 0 atom stereocenters. The lowest BCUT2D eigenvalue weighted by Gasteiger charge is -2.46. The minimum absolute atomic E-state index is 0.190. The molecule has 2 heterocycles. The highest BCUT2D eigenvalue weighted by atomic mass is 15.2. The fourth-order valence-electron chi connectivity index (χ4n) is 9.63. The standard InChI is InChI=1S/C55H41BN2/c1-55(2)47-26-15-27-48-54(47)58(50-31-29-39-22-12-13-25-44(39)52(50)55)51-35-42(38-20-10-5-11-21-38)34-46(53(51)56-48)45-33-41(37-18-8-4-9-19-37)28-30-49(45)57-43-24-14-23-40(32-43)36-16-6-3-7-17-36/h3-35,56-57H,1-2H3. The molecular formula is C55H41BN2. The summed E-state index contributed by atoms with van der Waals surface area (Å²) in [6, 6.07) is 73.4. The molecule has 11 rings (SSSR count). The van der Waals surface area contributed by atoms with Crippen molar-refractivity contribution in [2.45, 2.75) is 19.3 Å². The van der Waals surface area contributed by atoms with Crippen LogP contribution in [-0.2, 0) is 5.41 Å². The molecule has 0 unspecified atom stereocenters. The lowest BCUT2D eigenvalue weighted by Crippen LogP contribution is -2.45. The van der Waals surface area contributed by atoms with Crippen molar-refractivity contribution in [1.29, 1.82) is 0 Å². The zero-order chi connectivity index (χ0) is 38.8. The van der Waals surface area contributed by atoms with E-state index >= 15 is 0 Å². The van der Waals surface area contributed by atoms with Crippen LogP contribution in [0, 0.1) is 0 Å². The van der Waals surface area contributed by atoms with Gasteiger partial charge in [0.15, 0.2) is 7.28 Å². The molecule has 9 aromatic carbocycles. The van der Waals surface area contributed by atoms with Gasteiger partial charge in [-0.05, 0) is 109 Å². The lowest BCUT2D eigenvalue weighted by atomic mass is 9.55. The molecule has 3 heteroatoms. The van der Waals surface area contributed by atoms with E-state index in [9.17, 15) is 0 Å². The maximum Gasteiger partial charge on any atom is 0.198 e. The normalized spacial score (nSPS) is 13.2. The van der Waals surface area contributed by atoms with Crippen LogP contribution in [0.15, 0.2) is 200 Å². The fraction of sp³-hybridized carbons (Fsp3) is 0.0545. The zero-order valence-corrected chi connectivity index (χ0v) is 32.7. The van der Waals surface area contributed by atoms with E-state index in [4.69, 9.17) is 0 Å². The number of benzene rings is 9. The SMILES string of the molecule is CC1(C)c2cccc3c2N(c2cc(-c4ccccc4)cc(-c4cc(-c5ccccc5)ccc4Nc4cccc(-c5ccccc5)c4)c2B3)c2ccc3ccccc3c21. The largest absolute Gasteiger partial charge is 0.355 e. The Morgan fingerprint density at radius 2 is 1.09 bits per heavy atom. The van der Waals surface area contributed by atoms with E-state index in [2.05, 4.69) is 224 Å². The van der Waals surface area contributed by atoms with Crippen molar-refractivity contribution in [2.24, 2.45) is 0 Å². The smallest absolute Gasteiger partial charge is 0.198 e. The Morgan fingerprint density at radius 1 is 0.466 bits per heavy atom. The molecule has 0 saturated carbocycles. The number of nitrogens with zero attached hydrogens (tertiary/aromatic N) is 1. The number of hydrogen-bond acceptors (Lipinski definition) is 2. The number of para-hydroxylation sites is 1. The van der Waals surface area contributed by atoms with Crippen molar-refractivity contribution in [3.63, 3.8) is 0 Å². The summed E-state index contributed by atoms with van der Waals surface area (Å²) < 4.78 is 0. The molecule has 0 spiro atoms. The summed E-state index contributed by atoms with van der Waals surface area (Å²) in [4.78, 5) is 2.60. The second-order valence-corrected chi connectivity index (χ2v) is 16.2. The van der Waals surface area contributed by atoms with Gasteiger partial charge in [-0.25, -0.2) is 0 Å². The Hall–Kier alpha value is -7.10. The minimum atomic E-state index is -0.190. The molecule has 1 N–H and O–H groups in total. The molecule has 0 aromatic heterocycles. The van der Waals surface area contributed by atoms with Crippen LogP contribution in [0.1, 0.15) is 25.0 Å². The zero-order valence-electron chi connectivity index (χ0n) is 32.7. The molecule has 2 aliphatic heterocycles. The lowest BCUT2D eigenvalue weighted by molar-refractivity contribution is 0.639. The molecule has 0 aliphatic carbocycles. The molecule has 0 saturated heterocycles. The number of nitrogens with one attached hydrogen (secondary N) is 1. The van der Waals surface area contributed by atoms with Crippen molar-refractivity contribution in [2.75, 3.05) is 10.2 Å². The Balaban J connectivity index is 1.18. The molecule has 2 nitrogen and oxygen atoms in total. The van der Waals surface area contributed by atoms with Crippen molar-refractivity contribution >= 4 is 57.4 Å². The summed E-state index contributed by atoms with van der Waals surface area (Å²) in [5, 5.41) is 6.51. The number of anilines is 5. The van der Waals surface area contributed by atoms with Crippen molar-refractivity contribution in [1.82, 2.24) is 0 Å². The van der Waals surface area contributed by atoms with Gasteiger partial charge in [-0.1, -0.05) is 177 Å². The molecule has 9 aromatic rings. The van der Waals surface area contributed by atoms with Crippen LogP contribution < -0.4 is 21.1 Å². The van der Waals surface area contributed by atoms with E-state index in [1.54, 1.807) is 0 Å². The van der Waals surface area contributed by atoms with Crippen LogP contribution in [-0.4, -0.2) is 7.28 Å². The quantitative estimate of drug-likeness (QED) is 0.171. The van der Waals surface area contributed by atoms with Crippen molar-refractivity contribution in [3.8, 4) is 44.5 Å². The molecule has 0 fully saturated rings. The van der Waals surface area contributed by atoms with Crippen LogP contribution in [0.25, 0.3) is 55.3 Å². The average molecular weight is 741 g/mol. The number of hydrogen-bond donors (Lipinski definition) is 1. The van der Waals surface area contributed by atoms with Crippen LogP contribution in [0.3, 0.4) is 0 Å². The number of rotatable bonds is 6. The van der Waals surface area contributed by atoms with Crippen LogP contribution in [0.2, 0.25) is 0 Å². The first-order valence-electron chi connectivity index (χ1n) is 20.3. The summed E-state index contributed by atoms with van der Waals surface area (Å²) in [6.45, 7) is 4.82. The molecule has 58 heavy (non-hydrogen) atoms. The monoisotopic (exact) mass is 740 g/mol. The Kier molecular flexibility index (Phi) is 7.98. The maximum atomic E-state index is 3.92. The van der Waals surface area contributed by atoms with Gasteiger partial charge >= 0.3 is 0 Å². The van der Waals surface area contributed by atoms with Gasteiger partial charge in [-0.3, -0.25) is 0 Å². The summed E-state index contributed by atoms with van der Waals surface area (Å²) >= 11 is 0. The predicted molar refractivity (Wildman–Crippen MR) is 249 cm³/mol. The summed E-state index contributed by atoms with van der Waals surface area (Å²) in [7, 11) is 0.830. The van der Waals surface area contributed by atoms with Crippen LogP contribution >= 0.6 is 0 Å². The highest BCUT2D eigenvalue weighted by Crippen LogP contribution is 2.54. The first kappa shape index (κ1) is 34.2. The van der Waals surface area contributed by atoms with E-state index in [-0.39, 0.29) is 5.41 Å². The van der Waals surface area contributed by atoms with Gasteiger partial charge in [0.05, 0.1) is 5.69 Å². The topological polar surface area (TPSA) is 15.3 Å². The van der Waals surface area contributed by atoms with Crippen molar-refractivity contribution in [3.05, 3.63) is 211 Å². The van der Waals surface area contributed by atoms with Gasteiger partial charge in [0.1, 0.15) is 0 Å². The summed E-state index contributed by atoms with van der Waals surface area (Å²) in [6.07, 6.45) is 0. The van der Waals surface area contributed by atoms with E-state index in [0.717, 1.165) is 18.7 Å². The first-order valence-corrected chi connectivity index (χ1v) is 20.3. The van der Waals surface area contributed by atoms with Crippen molar-refractivity contribution < 1.29 is 0 Å².